The lowest BCUT2D eigenvalue weighted by Crippen LogP contribution is -2.29. The molecule has 0 radical (unpaired) electrons. The summed E-state index contributed by atoms with van der Waals surface area (Å²) in [5.74, 6) is -1.40. The van der Waals surface area contributed by atoms with Crippen LogP contribution >= 0.6 is 0 Å². The first-order valence-electron chi connectivity index (χ1n) is 9.48. The molecule has 1 aromatic rings. The molecular formula is C21H33O2-. The molecule has 0 heterocycles. The van der Waals surface area contributed by atoms with Crippen LogP contribution in [0.4, 0.5) is 0 Å². The fourth-order valence-electron chi connectivity index (χ4n) is 3.03. The number of benzene rings is 1. The van der Waals surface area contributed by atoms with Gasteiger partial charge < -0.3 is 9.90 Å². The molecule has 23 heavy (non-hydrogen) atoms. The Bertz CT molecular complexity index is 422. The Labute approximate surface area is 142 Å². The van der Waals surface area contributed by atoms with Crippen molar-refractivity contribution in [1.29, 1.82) is 0 Å². The molecule has 130 valence electrons. The predicted octanol–water partition coefficient (Wildman–Crippen LogP) is 5.00. The van der Waals surface area contributed by atoms with Crippen molar-refractivity contribution in [1.82, 2.24) is 0 Å². The highest BCUT2D eigenvalue weighted by Gasteiger charge is 2.12. The van der Waals surface area contributed by atoms with Gasteiger partial charge in [-0.3, -0.25) is 0 Å². The summed E-state index contributed by atoms with van der Waals surface area (Å²) in [5.41, 5.74) is 2.21. The molecule has 2 heteroatoms. The Morgan fingerprint density at radius 3 is 2.00 bits per heavy atom. The average Bonchev–Trinajstić information content (AvgIpc) is 2.55. The summed E-state index contributed by atoms with van der Waals surface area (Å²) in [4.78, 5) is 11.3. The molecule has 0 saturated carbocycles. The van der Waals surface area contributed by atoms with E-state index in [-0.39, 0.29) is 0 Å². The van der Waals surface area contributed by atoms with Crippen LogP contribution in [0, 0.1) is 0 Å². The van der Waals surface area contributed by atoms with Crippen LogP contribution in [-0.2, 0) is 11.2 Å². The highest BCUT2D eigenvalue weighted by molar-refractivity contribution is 5.73. The lowest BCUT2D eigenvalue weighted by molar-refractivity contribution is -0.308. The van der Waals surface area contributed by atoms with Crippen molar-refractivity contribution in [2.45, 2.75) is 90.4 Å². The maximum atomic E-state index is 11.3. The van der Waals surface area contributed by atoms with E-state index in [0.717, 1.165) is 24.8 Å². The van der Waals surface area contributed by atoms with Crippen LogP contribution in [-0.4, -0.2) is 5.97 Å². The van der Waals surface area contributed by atoms with Gasteiger partial charge in [-0.1, -0.05) is 89.5 Å². The zero-order valence-electron chi connectivity index (χ0n) is 15.0. The van der Waals surface area contributed by atoms with E-state index in [1.165, 1.54) is 50.5 Å². The highest BCUT2D eigenvalue weighted by Crippen LogP contribution is 2.22. The number of carboxylic acids is 1. The second kappa shape index (κ2) is 12.2. The van der Waals surface area contributed by atoms with Gasteiger partial charge >= 0.3 is 0 Å². The van der Waals surface area contributed by atoms with Gasteiger partial charge in [-0.2, -0.15) is 0 Å². The van der Waals surface area contributed by atoms with Crippen LogP contribution in [0.2, 0.25) is 0 Å². The summed E-state index contributed by atoms with van der Waals surface area (Å²) in [6.07, 6.45) is 13.0. The van der Waals surface area contributed by atoms with E-state index in [9.17, 15) is 9.90 Å². The minimum Gasteiger partial charge on any atom is -0.549 e. The number of hydrogen-bond donors (Lipinski definition) is 0. The minimum atomic E-state index is -0.946. The Morgan fingerprint density at radius 1 is 0.870 bits per heavy atom. The van der Waals surface area contributed by atoms with Crippen molar-refractivity contribution in [3.63, 3.8) is 0 Å². The number of hydrogen-bond acceptors (Lipinski definition) is 2. The minimum absolute atomic E-state index is 0.456. The van der Waals surface area contributed by atoms with Crippen molar-refractivity contribution in [2.75, 3.05) is 0 Å². The summed E-state index contributed by atoms with van der Waals surface area (Å²) in [5, 5.41) is 11.3. The number of carbonyl (C=O) groups is 1. The predicted molar refractivity (Wildman–Crippen MR) is 95.4 cm³/mol. The van der Waals surface area contributed by atoms with Gasteiger partial charge in [0.15, 0.2) is 0 Å². The smallest absolute Gasteiger partial charge is 0.0489 e. The molecule has 0 aliphatic heterocycles. The Balaban J connectivity index is 2.35. The molecule has 1 atom stereocenters. The van der Waals surface area contributed by atoms with Gasteiger partial charge in [0.25, 0.3) is 0 Å². The van der Waals surface area contributed by atoms with Gasteiger partial charge in [-0.25, -0.2) is 0 Å². The summed E-state index contributed by atoms with van der Waals surface area (Å²) < 4.78 is 0. The van der Waals surface area contributed by atoms with Crippen LogP contribution in [0.15, 0.2) is 24.3 Å². The zero-order chi connectivity index (χ0) is 16.9. The topological polar surface area (TPSA) is 40.1 Å². The van der Waals surface area contributed by atoms with E-state index >= 15 is 0 Å². The molecule has 0 saturated heterocycles. The van der Waals surface area contributed by atoms with E-state index in [1.54, 1.807) is 0 Å². The first kappa shape index (κ1) is 19.7. The molecule has 0 bridgehead atoms. The molecule has 0 aliphatic rings. The third-order valence-electron chi connectivity index (χ3n) is 4.58. The SMILES string of the molecule is CCCCCCCCCc1ccc(C(CCCC)C(=O)[O-])cc1. The van der Waals surface area contributed by atoms with Crippen LogP contribution in [0.3, 0.4) is 0 Å². The van der Waals surface area contributed by atoms with Gasteiger partial charge in [0, 0.05) is 11.9 Å². The maximum Gasteiger partial charge on any atom is 0.0489 e. The molecule has 0 fully saturated rings. The normalized spacial score (nSPS) is 12.3. The van der Waals surface area contributed by atoms with Gasteiger partial charge in [0.05, 0.1) is 0 Å². The van der Waals surface area contributed by atoms with Crippen molar-refractivity contribution < 1.29 is 9.90 Å². The average molecular weight is 317 g/mol. The number of unbranched alkanes of at least 4 members (excludes halogenated alkanes) is 7. The van der Waals surface area contributed by atoms with Crippen molar-refractivity contribution in [2.24, 2.45) is 0 Å². The first-order chi connectivity index (χ1) is 11.2. The second-order valence-electron chi connectivity index (χ2n) is 6.63. The van der Waals surface area contributed by atoms with E-state index in [4.69, 9.17) is 0 Å². The Morgan fingerprint density at radius 2 is 1.43 bits per heavy atom. The van der Waals surface area contributed by atoms with Crippen molar-refractivity contribution in [3.8, 4) is 0 Å². The third kappa shape index (κ3) is 8.20. The Kier molecular flexibility index (Phi) is 10.4. The molecule has 0 aromatic heterocycles. The molecule has 1 rings (SSSR count). The fourth-order valence-corrected chi connectivity index (χ4v) is 3.03. The third-order valence-corrected chi connectivity index (χ3v) is 4.58. The number of carboxylic acid groups (broad SMARTS) is 1. The van der Waals surface area contributed by atoms with Gasteiger partial charge in [-0.15, -0.1) is 0 Å². The molecular weight excluding hydrogens is 284 g/mol. The van der Waals surface area contributed by atoms with Crippen LogP contribution in [0.25, 0.3) is 0 Å². The maximum absolute atomic E-state index is 11.3. The standard InChI is InChI=1S/C21H34O2/c1-3-5-7-8-9-10-11-12-18-14-16-19(17-15-18)20(21(22)23)13-6-4-2/h14-17,20H,3-13H2,1-2H3,(H,22,23)/p-1. The molecule has 1 aromatic carbocycles. The van der Waals surface area contributed by atoms with Crippen molar-refractivity contribution in [3.05, 3.63) is 35.4 Å². The van der Waals surface area contributed by atoms with Gasteiger partial charge in [-0.05, 0) is 30.4 Å². The largest absolute Gasteiger partial charge is 0.549 e. The quantitative estimate of drug-likeness (QED) is 0.480. The number of carbonyl (C=O) groups excluding carboxylic acids is 1. The van der Waals surface area contributed by atoms with Crippen LogP contribution in [0.1, 0.15) is 95.1 Å². The van der Waals surface area contributed by atoms with Gasteiger partial charge in [0.2, 0.25) is 0 Å². The summed E-state index contributed by atoms with van der Waals surface area (Å²) in [6, 6.07) is 8.14. The molecule has 2 nitrogen and oxygen atoms in total. The van der Waals surface area contributed by atoms with Crippen LogP contribution < -0.4 is 5.11 Å². The zero-order valence-corrected chi connectivity index (χ0v) is 15.0. The van der Waals surface area contributed by atoms with Crippen molar-refractivity contribution >= 4 is 5.97 Å². The number of rotatable bonds is 13. The van der Waals surface area contributed by atoms with E-state index in [1.807, 2.05) is 12.1 Å². The van der Waals surface area contributed by atoms with E-state index in [0.29, 0.717) is 6.42 Å². The second-order valence-corrected chi connectivity index (χ2v) is 6.63. The highest BCUT2D eigenvalue weighted by atomic mass is 16.4. The summed E-state index contributed by atoms with van der Waals surface area (Å²) in [7, 11) is 0. The number of aryl methyl sites for hydroxylation is 1. The molecule has 0 amide bonds. The molecule has 1 unspecified atom stereocenters. The first-order valence-corrected chi connectivity index (χ1v) is 9.48. The van der Waals surface area contributed by atoms with E-state index in [2.05, 4.69) is 26.0 Å². The monoisotopic (exact) mass is 317 g/mol. The van der Waals surface area contributed by atoms with E-state index < -0.39 is 11.9 Å². The number of aliphatic carboxylic acids is 1. The summed E-state index contributed by atoms with van der Waals surface area (Å²) in [6.45, 7) is 4.33. The lowest BCUT2D eigenvalue weighted by Gasteiger charge is -2.18. The molecule has 0 spiro atoms. The summed E-state index contributed by atoms with van der Waals surface area (Å²) >= 11 is 0. The lowest BCUT2D eigenvalue weighted by atomic mass is 9.92. The molecule has 0 N–H and O–H groups in total. The Hall–Kier alpha value is -1.31. The fraction of sp³-hybridized carbons (Fsp3) is 0.667. The molecule has 0 aliphatic carbocycles. The van der Waals surface area contributed by atoms with Crippen LogP contribution in [0.5, 0.6) is 0 Å². The van der Waals surface area contributed by atoms with Gasteiger partial charge in [0.1, 0.15) is 0 Å².